The van der Waals surface area contributed by atoms with Crippen molar-refractivity contribution in [2.24, 2.45) is 5.92 Å². The van der Waals surface area contributed by atoms with Crippen molar-refractivity contribution in [1.29, 1.82) is 0 Å². The van der Waals surface area contributed by atoms with E-state index in [-0.39, 0.29) is 23.6 Å². The Morgan fingerprint density at radius 1 is 1.00 bits per heavy atom. The zero-order chi connectivity index (χ0) is 23.1. The number of carbonyl (C=O) groups is 2. The van der Waals surface area contributed by atoms with Crippen LogP contribution >= 0.6 is 0 Å². The first-order valence-corrected chi connectivity index (χ1v) is 10.8. The monoisotopic (exact) mass is 437 g/mol. The van der Waals surface area contributed by atoms with Gasteiger partial charge in [-0.25, -0.2) is 0 Å². The molecule has 0 fully saturated rings. The molecule has 0 spiro atoms. The van der Waals surface area contributed by atoms with Crippen LogP contribution in [0.4, 0.5) is 5.69 Å². The van der Waals surface area contributed by atoms with Crippen LogP contribution in [0, 0.1) is 5.92 Å². The van der Waals surface area contributed by atoms with Crippen molar-refractivity contribution < 1.29 is 18.7 Å². The number of benzene rings is 2. The molecule has 1 heterocycles. The molecule has 0 radical (unpaired) electrons. The van der Waals surface area contributed by atoms with E-state index in [9.17, 15) is 9.59 Å². The molecular weight excluding hydrogens is 406 g/mol. The SMILES string of the molecule is COc1ccc(NC[C@H](C)NC(=O)[C@H](CC(C)C)NC(=O)c2cc3ccccc3o2)cc1. The smallest absolute Gasteiger partial charge is 0.287 e. The minimum atomic E-state index is -0.654. The Labute approximate surface area is 188 Å². The number of rotatable bonds is 10. The summed E-state index contributed by atoms with van der Waals surface area (Å²) in [4.78, 5) is 25.7. The lowest BCUT2D eigenvalue weighted by Crippen LogP contribution is -2.50. The Balaban J connectivity index is 1.58. The third-order valence-electron chi connectivity index (χ3n) is 5.07. The van der Waals surface area contributed by atoms with Gasteiger partial charge in [0.15, 0.2) is 5.76 Å². The summed E-state index contributed by atoms with van der Waals surface area (Å²) in [5, 5.41) is 9.97. The fraction of sp³-hybridized carbons (Fsp3) is 0.360. The number of carbonyl (C=O) groups excluding carboxylic acids is 2. The Hall–Kier alpha value is -3.48. The molecule has 2 atom stereocenters. The van der Waals surface area contributed by atoms with Gasteiger partial charge in [0.1, 0.15) is 17.4 Å². The number of amides is 2. The van der Waals surface area contributed by atoms with Crippen molar-refractivity contribution in [3.05, 3.63) is 60.4 Å². The van der Waals surface area contributed by atoms with Gasteiger partial charge in [-0.1, -0.05) is 32.0 Å². The van der Waals surface area contributed by atoms with E-state index in [0.29, 0.717) is 18.5 Å². The van der Waals surface area contributed by atoms with Gasteiger partial charge < -0.3 is 25.1 Å². The molecule has 3 N–H and O–H groups in total. The van der Waals surface area contributed by atoms with Gasteiger partial charge in [-0.05, 0) is 55.7 Å². The summed E-state index contributed by atoms with van der Waals surface area (Å²) in [5.74, 6) is 0.600. The van der Waals surface area contributed by atoms with Crippen LogP contribution in [0.5, 0.6) is 5.75 Å². The molecule has 3 rings (SSSR count). The number of para-hydroxylation sites is 1. The van der Waals surface area contributed by atoms with Crippen molar-refractivity contribution in [2.45, 2.75) is 39.3 Å². The highest BCUT2D eigenvalue weighted by Crippen LogP contribution is 2.19. The lowest BCUT2D eigenvalue weighted by molar-refractivity contribution is -0.123. The Morgan fingerprint density at radius 3 is 2.38 bits per heavy atom. The molecule has 0 saturated heterocycles. The van der Waals surface area contributed by atoms with E-state index in [2.05, 4.69) is 16.0 Å². The van der Waals surface area contributed by atoms with Crippen LogP contribution < -0.4 is 20.7 Å². The lowest BCUT2D eigenvalue weighted by Gasteiger charge is -2.23. The van der Waals surface area contributed by atoms with E-state index in [0.717, 1.165) is 16.8 Å². The van der Waals surface area contributed by atoms with Gasteiger partial charge in [0.05, 0.1) is 7.11 Å². The van der Waals surface area contributed by atoms with E-state index in [1.807, 2.05) is 69.3 Å². The Bertz CT molecular complexity index is 1010. The lowest BCUT2D eigenvalue weighted by atomic mass is 10.0. The number of furan rings is 1. The standard InChI is InChI=1S/C25H31N3O4/c1-16(2)13-21(28-25(30)23-14-18-7-5-6-8-22(18)32-23)24(29)27-17(3)15-26-19-9-11-20(31-4)12-10-19/h5-12,14,16-17,21,26H,13,15H2,1-4H3,(H,27,29)(H,28,30)/t17-,21-/m0/s1. The van der Waals surface area contributed by atoms with Crippen LogP contribution in [0.1, 0.15) is 37.7 Å². The number of ether oxygens (including phenoxy) is 1. The second-order valence-electron chi connectivity index (χ2n) is 8.32. The second kappa shape index (κ2) is 10.7. The second-order valence-corrected chi connectivity index (χ2v) is 8.32. The first-order valence-electron chi connectivity index (χ1n) is 10.8. The zero-order valence-corrected chi connectivity index (χ0v) is 19.0. The summed E-state index contributed by atoms with van der Waals surface area (Å²) in [7, 11) is 1.63. The van der Waals surface area contributed by atoms with Crippen LogP contribution in [0.2, 0.25) is 0 Å². The predicted octanol–water partition coefficient (Wildman–Crippen LogP) is 4.20. The van der Waals surface area contributed by atoms with Crippen molar-refractivity contribution in [3.8, 4) is 5.75 Å². The van der Waals surface area contributed by atoms with E-state index in [1.165, 1.54) is 0 Å². The molecule has 0 bridgehead atoms. The van der Waals surface area contributed by atoms with Crippen molar-refractivity contribution >= 4 is 28.5 Å². The van der Waals surface area contributed by atoms with Crippen LogP contribution in [-0.2, 0) is 4.79 Å². The molecule has 7 heteroatoms. The van der Waals surface area contributed by atoms with Crippen molar-refractivity contribution in [3.63, 3.8) is 0 Å². The highest BCUT2D eigenvalue weighted by molar-refractivity contribution is 5.98. The van der Waals surface area contributed by atoms with Crippen LogP contribution in [0.25, 0.3) is 11.0 Å². The molecule has 7 nitrogen and oxygen atoms in total. The molecule has 0 saturated carbocycles. The zero-order valence-electron chi connectivity index (χ0n) is 19.0. The molecule has 0 aliphatic rings. The average Bonchev–Trinajstić information content (AvgIpc) is 3.22. The molecule has 0 aliphatic heterocycles. The maximum absolute atomic E-state index is 12.9. The third-order valence-corrected chi connectivity index (χ3v) is 5.07. The number of hydrogen-bond acceptors (Lipinski definition) is 5. The van der Waals surface area contributed by atoms with Gasteiger partial charge in [0.25, 0.3) is 5.91 Å². The highest BCUT2D eigenvalue weighted by Gasteiger charge is 2.25. The summed E-state index contributed by atoms with van der Waals surface area (Å²) in [6, 6.07) is 15.9. The van der Waals surface area contributed by atoms with Crippen LogP contribution in [-0.4, -0.2) is 37.6 Å². The van der Waals surface area contributed by atoms with Gasteiger partial charge >= 0.3 is 0 Å². The predicted molar refractivity (Wildman–Crippen MR) is 126 cm³/mol. The highest BCUT2D eigenvalue weighted by atomic mass is 16.5. The van der Waals surface area contributed by atoms with E-state index in [1.54, 1.807) is 13.2 Å². The summed E-state index contributed by atoms with van der Waals surface area (Å²) in [5.41, 5.74) is 1.57. The third kappa shape index (κ3) is 6.26. The van der Waals surface area contributed by atoms with E-state index in [4.69, 9.17) is 9.15 Å². The number of anilines is 1. The fourth-order valence-electron chi connectivity index (χ4n) is 3.40. The molecule has 32 heavy (non-hydrogen) atoms. The molecule has 170 valence electrons. The molecule has 0 aliphatic carbocycles. The maximum Gasteiger partial charge on any atom is 0.287 e. The largest absolute Gasteiger partial charge is 0.497 e. The number of nitrogens with one attached hydrogen (secondary N) is 3. The Morgan fingerprint density at radius 2 is 1.72 bits per heavy atom. The summed E-state index contributed by atoms with van der Waals surface area (Å²) >= 11 is 0. The number of methoxy groups -OCH3 is 1. The normalized spacial score (nSPS) is 12.9. The van der Waals surface area contributed by atoms with Gasteiger partial charge in [0.2, 0.25) is 5.91 Å². The molecule has 0 unspecified atom stereocenters. The average molecular weight is 438 g/mol. The van der Waals surface area contributed by atoms with Crippen LogP contribution in [0.3, 0.4) is 0 Å². The quantitative estimate of drug-likeness (QED) is 0.442. The summed E-state index contributed by atoms with van der Waals surface area (Å²) in [6.45, 7) is 6.50. The topological polar surface area (TPSA) is 92.6 Å². The molecule has 2 aromatic carbocycles. The molecule has 3 aromatic rings. The minimum Gasteiger partial charge on any atom is -0.497 e. The number of hydrogen-bond donors (Lipinski definition) is 3. The van der Waals surface area contributed by atoms with Crippen molar-refractivity contribution in [1.82, 2.24) is 10.6 Å². The first-order chi connectivity index (χ1) is 15.4. The first kappa shape index (κ1) is 23.2. The minimum absolute atomic E-state index is 0.137. The fourth-order valence-corrected chi connectivity index (χ4v) is 3.40. The van der Waals surface area contributed by atoms with Gasteiger partial charge in [-0.15, -0.1) is 0 Å². The van der Waals surface area contributed by atoms with Crippen molar-refractivity contribution in [2.75, 3.05) is 19.0 Å². The Kier molecular flexibility index (Phi) is 7.76. The van der Waals surface area contributed by atoms with Gasteiger partial charge in [0, 0.05) is 23.7 Å². The van der Waals surface area contributed by atoms with E-state index >= 15 is 0 Å². The summed E-state index contributed by atoms with van der Waals surface area (Å²) in [6.07, 6.45) is 0.524. The number of fused-ring (bicyclic) bond motifs is 1. The van der Waals surface area contributed by atoms with Gasteiger partial charge in [-0.3, -0.25) is 9.59 Å². The van der Waals surface area contributed by atoms with E-state index < -0.39 is 11.9 Å². The summed E-state index contributed by atoms with van der Waals surface area (Å²) < 4.78 is 10.8. The molecule has 2 amide bonds. The molecular formula is C25H31N3O4. The van der Waals surface area contributed by atoms with Gasteiger partial charge in [-0.2, -0.15) is 0 Å². The van der Waals surface area contributed by atoms with Crippen LogP contribution in [0.15, 0.2) is 59.0 Å². The molecule has 1 aromatic heterocycles. The maximum atomic E-state index is 12.9.